The first-order valence-corrected chi connectivity index (χ1v) is 10.1. The smallest absolute Gasteiger partial charge is 0.420 e. The van der Waals surface area contributed by atoms with Crippen molar-refractivity contribution in [3.8, 4) is 17.0 Å². The van der Waals surface area contributed by atoms with E-state index >= 15 is 0 Å². The van der Waals surface area contributed by atoms with Gasteiger partial charge in [0.2, 0.25) is 0 Å². The minimum atomic E-state index is -3.82. The van der Waals surface area contributed by atoms with Gasteiger partial charge in [-0.15, -0.1) is 8.78 Å². The number of aromatic nitrogens is 2. The number of carbonyl (C=O) groups is 1. The van der Waals surface area contributed by atoms with Crippen molar-refractivity contribution >= 4 is 34.6 Å². The number of ether oxygens (including phenoxy) is 1. The van der Waals surface area contributed by atoms with Crippen LogP contribution in [0.2, 0.25) is 0 Å². The molecule has 1 aromatic heterocycles. The average molecular weight is 464 g/mol. The van der Waals surface area contributed by atoms with Gasteiger partial charge in [-0.05, 0) is 48.9 Å². The third-order valence-electron chi connectivity index (χ3n) is 5.05. The van der Waals surface area contributed by atoms with Gasteiger partial charge in [0.15, 0.2) is 0 Å². The molecule has 5 N–H and O–H groups in total. The monoisotopic (exact) mass is 463 g/mol. The molecule has 0 saturated carbocycles. The van der Waals surface area contributed by atoms with E-state index in [-0.39, 0.29) is 17.0 Å². The van der Waals surface area contributed by atoms with Crippen LogP contribution >= 0.6 is 11.6 Å². The maximum atomic E-state index is 12.9. The number of nitrogens with two attached hydrogens (primary N) is 1. The lowest BCUT2D eigenvalue weighted by Crippen LogP contribution is -2.23. The summed E-state index contributed by atoms with van der Waals surface area (Å²) < 4.78 is 29.7. The van der Waals surface area contributed by atoms with E-state index in [1.165, 1.54) is 24.3 Å². The van der Waals surface area contributed by atoms with Crippen LogP contribution in [0.5, 0.6) is 5.75 Å². The number of hydrogen-bond acceptors (Lipinski definition) is 6. The molecule has 0 unspecified atom stereocenters. The van der Waals surface area contributed by atoms with Crippen LogP contribution < -0.4 is 20.7 Å². The van der Waals surface area contributed by atoms with E-state index in [0.717, 1.165) is 5.69 Å². The number of carbonyl (C=O) groups excluding carboxylic acids is 1. The van der Waals surface area contributed by atoms with Crippen LogP contribution in [0, 0.1) is 0 Å². The number of halogens is 3. The Hall–Kier alpha value is -3.37. The molecular weight excluding hydrogens is 444 g/mol. The molecule has 32 heavy (non-hydrogen) atoms. The molecule has 0 radical (unpaired) electrons. The molecule has 8 nitrogen and oxygen atoms in total. The summed E-state index contributed by atoms with van der Waals surface area (Å²) in [6, 6.07) is 10.4. The van der Waals surface area contributed by atoms with Crippen molar-refractivity contribution in [3.05, 3.63) is 54.2 Å². The predicted octanol–water partition coefficient (Wildman–Crippen LogP) is 3.65. The summed E-state index contributed by atoms with van der Waals surface area (Å²) >= 11 is 4.75. The molecular formula is C21H20ClF2N5O3. The lowest BCUT2D eigenvalue weighted by Gasteiger charge is -2.23. The van der Waals surface area contributed by atoms with Gasteiger partial charge in [-0.3, -0.25) is 9.89 Å². The summed E-state index contributed by atoms with van der Waals surface area (Å²) in [7, 11) is 0. The van der Waals surface area contributed by atoms with Gasteiger partial charge in [0.25, 0.3) is 5.91 Å². The van der Waals surface area contributed by atoms with Gasteiger partial charge >= 0.3 is 5.57 Å². The van der Waals surface area contributed by atoms with Gasteiger partial charge < -0.3 is 25.8 Å². The van der Waals surface area contributed by atoms with Crippen molar-refractivity contribution < 1.29 is 23.4 Å². The van der Waals surface area contributed by atoms with Gasteiger partial charge in [0, 0.05) is 53.5 Å². The number of amides is 1. The predicted molar refractivity (Wildman–Crippen MR) is 117 cm³/mol. The van der Waals surface area contributed by atoms with Gasteiger partial charge in [0.05, 0.1) is 17.4 Å². The number of alkyl halides is 3. The Morgan fingerprint density at radius 3 is 2.66 bits per heavy atom. The fourth-order valence-corrected chi connectivity index (χ4v) is 3.67. The second kappa shape index (κ2) is 8.64. The number of rotatable bonds is 6. The highest BCUT2D eigenvalue weighted by atomic mass is 35.5. The number of nitrogen functional groups attached to an aromatic ring is 1. The Morgan fingerprint density at radius 2 is 2.06 bits per heavy atom. The Labute approximate surface area is 186 Å². The quantitative estimate of drug-likeness (QED) is 0.327. The zero-order valence-electron chi connectivity index (χ0n) is 16.7. The van der Waals surface area contributed by atoms with Crippen molar-refractivity contribution in [2.45, 2.75) is 18.1 Å². The van der Waals surface area contributed by atoms with Gasteiger partial charge in [-0.25, -0.2) is 0 Å². The van der Waals surface area contributed by atoms with E-state index < -0.39 is 17.6 Å². The van der Waals surface area contributed by atoms with Crippen LogP contribution in [0.15, 0.2) is 48.7 Å². The molecule has 2 heterocycles. The normalized spacial score (nSPS) is 16.2. The summed E-state index contributed by atoms with van der Waals surface area (Å²) in [5.41, 5.74) is 5.40. The van der Waals surface area contributed by atoms with Crippen LogP contribution in [0.25, 0.3) is 11.3 Å². The molecule has 1 aliphatic heterocycles. The molecule has 1 fully saturated rings. The highest BCUT2D eigenvalue weighted by molar-refractivity contribution is 6.20. The van der Waals surface area contributed by atoms with Crippen molar-refractivity contribution in [2.24, 2.45) is 0 Å². The number of nitrogens with zero attached hydrogens (tertiary/aromatic N) is 2. The molecule has 11 heteroatoms. The Bertz CT molecular complexity index is 1100. The van der Waals surface area contributed by atoms with Gasteiger partial charge in [-0.2, -0.15) is 5.10 Å². The third-order valence-corrected chi connectivity index (χ3v) is 5.13. The molecule has 0 bridgehead atoms. The Balaban J connectivity index is 1.60. The lowest BCUT2D eigenvalue weighted by atomic mass is 10.0. The molecule has 0 aliphatic carbocycles. The first-order valence-electron chi connectivity index (χ1n) is 9.73. The summed E-state index contributed by atoms with van der Waals surface area (Å²) in [6.45, 7) is 1.12. The molecule has 1 atom stereocenters. The van der Waals surface area contributed by atoms with E-state index in [0.29, 0.717) is 36.5 Å². The summed E-state index contributed by atoms with van der Waals surface area (Å²) in [6.07, 6.45) is 1.81. The molecule has 1 saturated heterocycles. The number of aliphatic hydroxyl groups excluding tert-OH is 1. The number of benzene rings is 2. The highest BCUT2D eigenvalue weighted by Gasteiger charge is 2.28. The largest absolute Gasteiger partial charge is 0.487 e. The fraction of sp³-hybridized carbons (Fsp3) is 0.238. The Morgan fingerprint density at radius 1 is 1.31 bits per heavy atom. The number of aromatic amines is 1. The summed E-state index contributed by atoms with van der Waals surface area (Å²) in [4.78, 5) is 14.9. The Kier molecular flexibility index (Phi) is 5.90. The molecule has 1 aliphatic rings. The minimum Gasteiger partial charge on any atom is -0.420 e. The van der Waals surface area contributed by atoms with Crippen LogP contribution in [0.3, 0.4) is 0 Å². The zero-order chi connectivity index (χ0) is 22.9. The average Bonchev–Trinajstić information content (AvgIpc) is 3.40. The second-order valence-corrected chi connectivity index (χ2v) is 7.78. The molecule has 1 amide bonds. The molecule has 0 spiro atoms. The number of hydrogen-bond donors (Lipinski definition) is 4. The van der Waals surface area contributed by atoms with E-state index in [2.05, 4.69) is 20.3 Å². The van der Waals surface area contributed by atoms with E-state index in [4.69, 9.17) is 17.3 Å². The lowest BCUT2D eigenvalue weighted by molar-refractivity contribution is -0.0964. The standard InChI is InChI=1S/C21H20ClF2N5O3/c22-21(23,24)32-14-3-1-12(2-4-14)27-20(31)15-9-16(18-5-7-26-28-18)19(10-17(15)25)29-8-6-13(30)11-29/h1-5,7,9-10,13,30H,6,8,11,25H2,(H,26,28)(H,27,31)/t13-/m0/s1. The molecule has 3 aromatic rings. The van der Waals surface area contributed by atoms with Gasteiger partial charge in [-0.1, -0.05) is 0 Å². The molecule has 4 rings (SSSR count). The highest BCUT2D eigenvalue weighted by Crippen LogP contribution is 2.36. The van der Waals surface area contributed by atoms with Crippen LogP contribution in [-0.4, -0.2) is 46.0 Å². The zero-order valence-corrected chi connectivity index (χ0v) is 17.4. The van der Waals surface area contributed by atoms with Crippen LogP contribution in [0.1, 0.15) is 16.8 Å². The van der Waals surface area contributed by atoms with Crippen molar-refractivity contribution in [1.29, 1.82) is 0 Å². The van der Waals surface area contributed by atoms with Crippen LogP contribution in [0.4, 0.5) is 25.8 Å². The number of anilines is 3. The first-order chi connectivity index (χ1) is 15.2. The number of H-pyrrole nitrogens is 1. The van der Waals surface area contributed by atoms with E-state index in [1.807, 2.05) is 4.90 Å². The minimum absolute atomic E-state index is 0.152. The van der Waals surface area contributed by atoms with Crippen molar-refractivity contribution in [1.82, 2.24) is 10.2 Å². The SMILES string of the molecule is Nc1cc(N2CC[C@H](O)C2)c(-c2ccn[nH]2)cc1C(=O)Nc1ccc(OC(F)(F)Cl)cc1. The van der Waals surface area contributed by atoms with Gasteiger partial charge in [0.1, 0.15) is 5.75 Å². The summed E-state index contributed by atoms with van der Waals surface area (Å²) in [5, 5.41) is 19.5. The fourth-order valence-electron chi connectivity index (χ4n) is 3.58. The van der Waals surface area contributed by atoms with Crippen LogP contribution in [-0.2, 0) is 0 Å². The first kappa shape index (κ1) is 21.8. The maximum Gasteiger partial charge on any atom is 0.487 e. The summed E-state index contributed by atoms with van der Waals surface area (Å²) in [5.74, 6) is -0.631. The molecule has 168 valence electrons. The van der Waals surface area contributed by atoms with Crippen molar-refractivity contribution in [3.63, 3.8) is 0 Å². The van der Waals surface area contributed by atoms with E-state index in [9.17, 15) is 18.7 Å². The second-order valence-electron chi connectivity index (χ2n) is 7.34. The maximum absolute atomic E-state index is 12.9. The van der Waals surface area contributed by atoms with Crippen molar-refractivity contribution in [2.75, 3.05) is 29.0 Å². The topological polar surface area (TPSA) is 116 Å². The number of β-amino-alcohol motifs (C(OH)–C–C–N with tert-alkyl or cyclic N) is 1. The number of aliphatic hydroxyl groups is 1. The number of nitrogens with one attached hydrogen (secondary N) is 2. The third kappa shape index (κ3) is 4.92. The van der Waals surface area contributed by atoms with E-state index in [1.54, 1.807) is 24.4 Å². The molecule has 2 aromatic carbocycles.